The maximum Gasteiger partial charge on any atom is 0.228 e. The predicted octanol–water partition coefficient (Wildman–Crippen LogP) is 1.24. The first-order valence-corrected chi connectivity index (χ1v) is 6.17. The van der Waals surface area contributed by atoms with Gasteiger partial charge >= 0.3 is 0 Å². The Bertz CT molecular complexity index is 252. The molecule has 1 fully saturated rings. The van der Waals surface area contributed by atoms with Crippen LogP contribution in [0.1, 0.15) is 20.3 Å². The lowest BCUT2D eigenvalue weighted by molar-refractivity contribution is 0.408. The van der Waals surface area contributed by atoms with Crippen LogP contribution in [-0.4, -0.2) is 30.5 Å². The summed E-state index contributed by atoms with van der Waals surface area (Å²) in [5, 5.41) is -0.302. The van der Waals surface area contributed by atoms with E-state index < -0.39 is 10.0 Å². The van der Waals surface area contributed by atoms with Crippen LogP contribution in [-0.2, 0) is 10.0 Å². The van der Waals surface area contributed by atoms with E-state index in [1.807, 2.05) is 6.92 Å². The molecular weight excluding hydrogens is 198 g/mol. The van der Waals surface area contributed by atoms with E-state index >= 15 is 0 Å². The van der Waals surface area contributed by atoms with Gasteiger partial charge in [0.05, 0.1) is 0 Å². The summed E-state index contributed by atoms with van der Waals surface area (Å²) in [6, 6.07) is 0.115. The molecule has 72 valence electrons. The molecule has 2 unspecified atom stereocenters. The van der Waals surface area contributed by atoms with Gasteiger partial charge in [-0.1, -0.05) is 6.92 Å². The summed E-state index contributed by atoms with van der Waals surface area (Å²) in [7, 11) is -3.18. The normalized spacial score (nSPS) is 32.6. The van der Waals surface area contributed by atoms with Gasteiger partial charge in [0, 0.05) is 12.6 Å². The first-order valence-electron chi connectivity index (χ1n) is 4.03. The maximum absolute atomic E-state index is 11.4. The van der Waals surface area contributed by atoms with E-state index in [2.05, 4.69) is 6.92 Å². The number of nitrogens with zero attached hydrogens (tertiary/aromatic N) is 1. The quantitative estimate of drug-likeness (QED) is 0.645. The average Bonchev–Trinajstić information content (AvgIpc) is 2.31. The first kappa shape index (κ1) is 10.3. The Labute approximate surface area is 78.7 Å². The highest BCUT2D eigenvalue weighted by Gasteiger charge is 2.34. The molecule has 1 aliphatic rings. The number of hydrogen-bond acceptors (Lipinski definition) is 2. The molecule has 0 N–H and O–H groups in total. The molecule has 0 spiro atoms. The van der Waals surface area contributed by atoms with Crippen molar-refractivity contribution >= 4 is 21.6 Å². The average molecular weight is 212 g/mol. The van der Waals surface area contributed by atoms with Crippen LogP contribution in [0.2, 0.25) is 0 Å². The first-order chi connectivity index (χ1) is 5.47. The van der Waals surface area contributed by atoms with Gasteiger partial charge in [-0.25, -0.2) is 8.42 Å². The Morgan fingerprint density at radius 3 is 2.42 bits per heavy atom. The number of hydrogen-bond donors (Lipinski definition) is 0. The summed E-state index contributed by atoms with van der Waals surface area (Å²) in [5.74, 6) is 0.456. The highest BCUT2D eigenvalue weighted by Crippen LogP contribution is 2.25. The van der Waals surface area contributed by atoms with Gasteiger partial charge in [-0.05, 0) is 19.3 Å². The molecule has 0 saturated carbocycles. The number of sulfonamides is 1. The molecule has 2 atom stereocenters. The Morgan fingerprint density at radius 1 is 1.50 bits per heavy atom. The zero-order chi connectivity index (χ0) is 9.35. The van der Waals surface area contributed by atoms with Gasteiger partial charge in [0.1, 0.15) is 5.21 Å². The summed E-state index contributed by atoms with van der Waals surface area (Å²) in [4.78, 5) is 0. The predicted molar refractivity (Wildman–Crippen MR) is 49.6 cm³/mol. The van der Waals surface area contributed by atoms with Crippen LogP contribution >= 0.6 is 11.6 Å². The molecular formula is C7H14ClNO2S. The van der Waals surface area contributed by atoms with Crippen LogP contribution < -0.4 is 0 Å². The Hall–Kier alpha value is 0.200. The molecule has 1 rings (SSSR count). The van der Waals surface area contributed by atoms with Gasteiger partial charge in [-0.3, -0.25) is 0 Å². The standard InChI is InChI=1S/C7H14ClNO2S/c1-6-3-7(2)9(4-6)12(10,11)5-8/h6-7H,3-5H2,1-2H3. The van der Waals surface area contributed by atoms with Crippen molar-refractivity contribution in [1.29, 1.82) is 0 Å². The molecule has 0 bridgehead atoms. The SMILES string of the molecule is CC1CC(C)N(S(=O)(=O)CCl)C1. The largest absolute Gasteiger partial charge is 0.228 e. The fourth-order valence-electron chi connectivity index (χ4n) is 1.71. The maximum atomic E-state index is 11.4. The lowest BCUT2D eigenvalue weighted by atomic mass is 10.1. The second-order valence-electron chi connectivity index (χ2n) is 3.48. The number of alkyl halides is 1. The van der Waals surface area contributed by atoms with Crippen LogP contribution in [0.3, 0.4) is 0 Å². The number of halogens is 1. The zero-order valence-electron chi connectivity index (χ0n) is 7.33. The van der Waals surface area contributed by atoms with E-state index in [1.165, 1.54) is 4.31 Å². The lowest BCUT2D eigenvalue weighted by Gasteiger charge is -2.18. The van der Waals surface area contributed by atoms with Crippen molar-refractivity contribution in [2.24, 2.45) is 5.92 Å². The summed E-state index contributed by atoms with van der Waals surface area (Å²) >= 11 is 5.36. The van der Waals surface area contributed by atoms with Crippen LogP contribution in [0.25, 0.3) is 0 Å². The van der Waals surface area contributed by atoms with Gasteiger partial charge in [0.15, 0.2) is 0 Å². The summed E-state index contributed by atoms with van der Waals surface area (Å²) in [6.07, 6.45) is 0.941. The van der Waals surface area contributed by atoms with E-state index in [9.17, 15) is 8.42 Å². The van der Waals surface area contributed by atoms with Crippen molar-refractivity contribution < 1.29 is 8.42 Å². The molecule has 1 saturated heterocycles. The van der Waals surface area contributed by atoms with Crippen LogP contribution in [0.5, 0.6) is 0 Å². The third-order valence-corrected chi connectivity index (χ3v) is 4.55. The third kappa shape index (κ3) is 1.92. The highest BCUT2D eigenvalue weighted by molar-refractivity contribution is 7.90. The molecule has 0 aromatic carbocycles. The Kier molecular flexibility index (Phi) is 3.01. The Morgan fingerprint density at radius 2 is 2.08 bits per heavy atom. The minimum Gasteiger partial charge on any atom is -0.211 e. The lowest BCUT2D eigenvalue weighted by Crippen LogP contribution is -2.34. The molecule has 1 heterocycles. The van der Waals surface area contributed by atoms with E-state index in [4.69, 9.17) is 11.6 Å². The molecule has 12 heavy (non-hydrogen) atoms. The van der Waals surface area contributed by atoms with Crippen molar-refractivity contribution in [3.05, 3.63) is 0 Å². The molecule has 0 amide bonds. The van der Waals surface area contributed by atoms with Crippen LogP contribution in [0, 0.1) is 5.92 Å². The minimum atomic E-state index is -3.18. The van der Waals surface area contributed by atoms with E-state index in [1.54, 1.807) is 0 Å². The third-order valence-electron chi connectivity index (χ3n) is 2.22. The second-order valence-corrected chi connectivity index (χ2v) is 5.99. The zero-order valence-corrected chi connectivity index (χ0v) is 8.90. The van der Waals surface area contributed by atoms with Crippen molar-refractivity contribution in [1.82, 2.24) is 4.31 Å². The van der Waals surface area contributed by atoms with Gasteiger partial charge < -0.3 is 0 Å². The molecule has 0 radical (unpaired) electrons. The van der Waals surface area contributed by atoms with Gasteiger partial charge in [-0.15, -0.1) is 11.6 Å². The summed E-state index contributed by atoms with van der Waals surface area (Å²) < 4.78 is 24.2. The van der Waals surface area contributed by atoms with Gasteiger partial charge in [0.25, 0.3) is 0 Å². The fourth-order valence-corrected chi connectivity index (χ4v) is 3.33. The van der Waals surface area contributed by atoms with Crippen molar-refractivity contribution in [3.8, 4) is 0 Å². The monoisotopic (exact) mass is 211 g/mol. The van der Waals surface area contributed by atoms with E-state index in [0.717, 1.165) is 6.42 Å². The van der Waals surface area contributed by atoms with Crippen molar-refractivity contribution in [2.45, 2.75) is 26.3 Å². The molecule has 5 heteroatoms. The van der Waals surface area contributed by atoms with Crippen molar-refractivity contribution in [3.63, 3.8) is 0 Å². The Balaban J connectivity index is 2.77. The van der Waals surface area contributed by atoms with E-state index in [-0.39, 0.29) is 11.3 Å². The summed E-state index contributed by atoms with van der Waals surface area (Å²) in [6.45, 7) is 4.60. The molecule has 0 aromatic rings. The fraction of sp³-hybridized carbons (Fsp3) is 1.00. The van der Waals surface area contributed by atoms with Gasteiger partial charge in [0.2, 0.25) is 10.0 Å². The highest BCUT2D eigenvalue weighted by atomic mass is 35.5. The number of rotatable bonds is 2. The molecule has 3 nitrogen and oxygen atoms in total. The van der Waals surface area contributed by atoms with E-state index in [0.29, 0.717) is 12.5 Å². The summed E-state index contributed by atoms with van der Waals surface area (Å²) in [5.41, 5.74) is 0. The topological polar surface area (TPSA) is 37.4 Å². The van der Waals surface area contributed by atoms with Crippen LogP contribution in [0.4, 0.5) is 0 Å². The molecule has 1 aliphatic heterocycles. The minimum absolute atomic E-state index is 0.115. The van der Waals surface area contributed by atoms with Crippen molar-refractivity contribution in [2.75, 3.05) is 11.8 Å². The second kappa shape index (κ2) is 3.52. The smallest absolute Gasteiger partial charge is 0.211 e. The van der Waals surface area contributed by atoms with Gasteiger partial charge in [-0.2, -0.15) is 4.31 Å². The molecule has 0 aromatic heterocycles. The molecule has 0 aliphatic carbocycles. The van der Waals surface area contributed by atoms with Crippen LogP contribution in [0.15, 0.2) is 0 Å².